The average molecular weight is 303 g/mol. The van der Waals surface area contributed by atoms with E-state index in [4.69, 9.17) is 25.8 Å². The second-order valence-corrected chi connectivity index (χ2v) is 4.99. The quantitative estimate of drug-likeness (QED) is 0.632. The molecule has 0 spiro atoms. The maximum absolute atomic E-state index is 5.95. The monoisotopic (exact) mass is 302 g/mol. The molecular formula is C15H25ClNO3+. The van der Waals surface area contributed by atoms with E-state index in [0.29, 0.717) is 13.2 Å². The molecule has 114 valence electrons. The smallest absolute Gasteiger partial charge is 0.119 e. The molecule has 0 amide bonds. The largest absolute Gasteiger partial charge is 0.491 e. The van der Waals surface area contributed by atoms with Crippen molar-refractivity contribution in [3.63, 3.8) is 0 Å². The van der Waals surface area contributed by atoms with E-state index in [0.717, 1.165) is 49.1 Å². The van der Waals surface area contributed by atoms with Crippen LogP contribution in [0.25, 0.3) is 0 Å². The summed E-state index contributed by atoms with van der Waals surface area (Å²) in [6.07, 6.45) is 1.08. The summed E-state index contributed by atoms with van der Waals surface area (Å²) in [6.45, 7) is 6.76. The minimum Gasteiger partial charge on any atom is -0.491 e. The van der Waals surface area contributed by atoms with E-state index < -0.39 is 0 Å². The molecule has 1 aromatic rings. The van der Waals surface area contributed by atoms with Crippen molar-refractivity contribution >= 4 is 11.6 Å². The fourth-order valence-corrected chi connectivity index (χ4v) is 1.83. The highest BCUT2D eigenvalue weighted by Gasteiger charge is 1.99. The Labute approximate surface area is 126 Å². The number of benzene rings is 1. The highest BCUT2D eigenvalue weighted by atomic mass is 35.5. The van der Waals surface area contributed by atoms with Crippen LogP contribution in [0.3, 0.4) is 0 Å². The van der Waals surface area contributed by atoms with Gasteiger partial charge in [-0.1, -0.05) is 11.6 Å². The fraction of sp³-hybridized carbons (Fsp3) is 0.600. The maximum Gasteiger partial charge on any atom is 0.119 e. The Morgan fingerprint density at radius 3 is 2.70 bits per heavy atom. The van der Waals surface area contributed by atoms with Crippen molar-refractivity contribution in [2.24, 2.45) is 0 Å². The van der Waals surface area contributed by atoms with Crippen LogP contribution < -0.4 is 10.1 Å². The molecule has 0 fully saturated rings. The van der Waals surface area contributed by atoms with Gasteiger partial charge in [-0.15, -0.1) is 0 Å². The van der Waals surface area contributed by atoms with Gasteiger partial charge in [-0.2, -0.15) is 0 Å². The zero-order valence-electron chi connectivity index (χ0n) is 12.4. The molecule has 0 bridgehead atoms. The van der Waals surface area contributed by atoms with E-state index in [1.165, 1.54) is 0 Å². The van der Waals surface area contributed by atoms with Gasteiger partial charge in [-0.05, 0) is 30.7 Å². The lowest BCUT2D eigenvalue weighted by Gasteiger charge is -2.08. The Morgan fingerprint density at radius 2 is 1.95 bits per heavy atom. The van der Waals surface area contributed by atoms with Gasteiger partial charge in [0.05, 0.1) is 32.9 Å². The van der Waals surface area contributed by atoms with Crippen LogP contribution in [0.1, 0.15) is 12.0 Å². The van der Waals surface area contributed by atoms with Gasteiger partial charge in [0.2, 0.25) is 0 Å². The lowest BCUT2D eigenvalue weighted by Crippen LogP contribution is -2.85. The van der Waals surface area contributed by atoms with E-state index in [2.05, 4.69) is 5.32 Å². The number of rotatable bonds is 11. The minimum absolute atomic E-state index is 0.560. The third-order valence-corrected chi connectivity index (χ3v) is 3.27. The van der Waals surface area contributed by atoms with Crippen LogP contribution in [0.4, 0.5) is 0 Å². The number of aryl methyl sites for hydroxylation is 1. The van der Waals surface area contributed by atoms with Gasteiger partial charge >= 0.3 is 0 Å². The van der Waals surface area contributed by atoms with Crippen molar-refractivity contribution in [3.8, 4) is 5.75 Å². The van der Waals surface area contributed by atoms with Gasteiger partial charge in [-0.3, -0.25) is 0 Å². The molecular weight excluding hydrogens is 278 g/mol. The van der Waals surface area contributed by atoms with Crippen LogP contribution in [0.15, 0.2) is 18.2 Å². The van der Waals surface area contributed by atoms with Crippen LogP contribution >= 0.6 is 11.6 Å². The summed E-state index contributed by atoms with van der Waals surface area (Å²) in [5.41, 5.74) is 1.02. The standard InChI is InChI=1S/C15H24ClNO3/c1-13-12-14(4-5-15(13)16)20-11-10-19-9-7-17-6-3-8-18-2/h4-5,12,17H,3,6-11H2,1-2H3/p+1. The topological polar surface area (TPSA) is 44.3 Å². The van der Waals surface area contributed by atoms with Gasteiger partial charge in [0.25, 0.3) is 0 Å². The molecule has 0 unspecified atom stereocenters. The predicted molar refractivity (Wildman–Crippen MR) is 80.7 cm³/mol. The van der Waals surface area contributed by atoms with Crippen molar-refractivity contribution in [2.75, 3.05) is 46.6 Å². The van der Waals surface area contributed by atoms with E-state index in [9.17, 15) is 0 Å². The molecule has 0 radical (unpaired) electrons. The van der Waals surface area contributed by atoms with Crippen molar-refractivity contribution in [3.05, 3.63) is 28.8 Å². The number of halogens is 1. The molecule has 1 rings (SSSR count). The van der Waals surface area contributed by atoms with Gasteiger partial charge < -0.3 is 19.5 Å². The number of hydrogen-bond donors (Lipinski definition) is 1. The Hall–Kier alpha value is -0.810. The van der Waals surface area contributed by atoms with Gasteiger partial charge in [-0.25, -0.2) is 0 Å². The SMILES string of the molecule is COCCC[NH2+]CCOCCOc1ccc(Cl)c(C)c1. The van der Waals surface area contributed by atoms with Crippen LogP contribution in [0.5, 0.6) is 5.75 Å². The van der Waals surface area contributed by atoms with Crippen molar-refractivity contribution in [1.29, 1.82) is 0 Å². The normalized spacial score (nSPS) is 10.8. The van der Waals surface area contributed by atoms with E-state index in [1.54, 1.807) is 7.11 Å². The third-order valence-electron chi connectivity index (χ3n) is 2.85. The zero-order chi connectivity index (χ0) is 14.6. The summed E-state index contributed by atoms with van der Waals surface area (Å²) in [4.78, 5) is 0. The number of ether oxygens (including phenoxy) is 3. The first-order valence-corrected chi connectivity index (χ1v) is 7.39. The Bertz CT molecular complexity index is 374. The zero-order valence-corrected chi connectivity index (χ0v) is 13.1. The molecule has 0 aromatic heterocycles. The maximum atomic E-state index is 5.95. The first kappa shape index (κ1) is 17.2. The molecule has 0 heterocycles. The summed E-state index contributed by atoms with van der Waals surface area (Å²) < 4.78 is 16.1. The third kappa shape index (κ3) is 7.70. The Morgan fingerprint density at radius 1 is 1.10 bits per heavy atom. The molecule has 0 aliphatic carbocycles. The van der Waals surface area contributed by atoms with Gasteiger partial charge in [0, 0.05) is 18.6 Å². The minimum atomic E-state index is 0.560. The summed E-state index contributed by atoms with van der Waals surface area (Å²) in [5.74, 6) is 0.835. The molecule has 0 atom stereocenters. The van der Waals surface area contributed by atoms with E-state index >= 15 is 0 Å². The highest BCUT2D eigenvalue weighted by molar-refractivity contribution is 6.31. The Kier molecular flexibility index (Phi) is 9.41. The second-order valence-electron chi connectivity index (χ2n) is 4.58. The second kappa shape index (κ2) is 10.9. The number of quaternary nitrogens is 1. The Balaban J connectivity index is 1.95. The molecule has 2 N–H and O–H groups in total. The number of hydrogen-bond acceptors (Lipinski definition) is 3. The number of methoxy groups -OCH3 is 1. The van der Waals surface area contributed by atoms with Crippen molar-refractivity contribution in [2.45, 2.75) is 13.3 Å². The molecule has 20 heavy (non-hydrogen) atoms. The molecule has 1 aromatic carbocycles. The molecule has 0 aliphatic rings. The van der Waals surface area contributed by atoms with Crippen molar-refractivity contribution < 1.29 is 19.5 Å². The first-order valence-electron chi connectivity index (χ1n) is 7.01. The van der Waals surface area contributed by atoms with E-state index in [1.807, 2.05) is 25.1 Å². The van der Waals surface area contributed by atoms with Crippen molar-refractivity contribution in [1.82, 2.24) is 0 Å². The lowest BCUT2D eigenvalue weighted by molar-refractivity contribution is -0.656. The molecule has 4 nitrogen and oxygen atoms in total. The fourth-order valence-electron chi connectivity index (χ4n) is 1.71. The first-order chi connectivity index (χ1) is 9.74. The molecule has 5 heteroatoms. The lowest BCUT2D eigenvalue weighted by atomic mass is 10.2. The summed E-state index contributed by atoms with van der Waals surface area (Å²) in [6, 6.07) is 5.66. The van der Waals surface area contributed by atoms with Crippen LogP contribution in [-0.2, 0) is 9.47 Å². The predicted octanol–water partition coefficient (Wildman–Crippen LogP) is 1.64. The summed E-state index contributed by atoms with van der Waals surface area (Å²) in [7, 11) is 1.73. The van der Waals surface area contributed by atoms with Crippen LogP contribution in [0, 0.1) is 6.92 Å². The van der Waals surface area contributed by atoms with Crippen LogP contribution in [0.2, 0.25) is 5.02 Å². The molecule has 0 saturated carbocycles. The van der Waals surface area contributed by atoms with E-state index in [-0.39, 0.29) is 0 Å². The van der Waals surface area contributed by atoms with Crippen LogP contribution in [-0.4, -0.2) is 46.6 Å². The molecule has 0 saturated heterocycles. The molecule has 0 aliphatic heterocycles. The number of nitrogens with two attached hydrogens (primary N) is 1. The average Bonchev–Trinajstić information content (AvgIpc) is 2.45. The summed E-state index contributed by atoms with van der Waals surface area (Å²) >= 11 is 5.95. The van der Waals surface area contributed by atoms with Gasteiger partial charge in [0.1, 0.15) is 12.4 Å². The van der Waals surface area contributed by atoms with Gasteiger partial charge in [0.15, 0.2) is 0 Å². The highest BCUT2D eigenvalue weighted by Crippen LogP contribution is 2.20. The summed E-state index contributed by atoms with van der Waals surface area (Å²) in [5, 5.41) is 3.00.